The minimum Gasteiger partial charge on any atom is -0.380 e. The Morgan fingerprint density at radius 1 is 1.12 bits per heavy atom. The SMILES string of the molecule is CCCCNc1c(N(CC)CC)c(=O)c1=O.[HH]. The van der Waals surface area contributed by atoms with Crippen LogP contribution in [0.1, 0.15) is 35.0 Å². The summed E-state index contributed by atoms with van der Waals surface area (Å²) in [5.41, 5.74) is 0.383. The fraction of sp³-hybridized carbons (Fsp3) is 0.667. The molecule has 0 saturated carbocycles. The normalized spacial score (nSPS) is 10.7. The van der Waals surface area contributed by atoms with Crippen molar-refractivity contribution >= 4 is 11.4 Å². The summed E-state index contributed by atoms with van der Waals surface area (Å²) in [5.74, 6) is 0. The zero-order valence-electron chi connectivity index (χ0n) is 10.3. The van der Waals surface area contributed by atoms with Gasteiger partial charge in [0.2, 0.25) is 0 Å². The van der Waals surface area contributed by atoms with Crippen LogP contribution in [0, 0.1) is 0 Å². The second-order valence-corrected chi connectivity index (χ2v) is 3.83. The van der Waals surface area contributed by atoms with E-state index in [1.165, 1.54) is 0 Å². The van der Waals surface area contributed by atoms with E-state index < -0.39 is 0 Å². The Bertz CT molecular complexity index is 407. The molecule has 0 aliphatic rings. The van der Waals surface area contributed by atoms with E-state index in [1.807, 2.05) is 18.7 Å². The monoisotopic (exact) mass is 226 g/mol. The summed E-state index contributed by atoms with van der Waals surface area (Å²) in [6.07, 6.45) is 2.08. The fourth-order valence-corrected chi connectivity index (χ4v) is 1.78. The molecular formula is C12H22N2O2. The Balaban J connectivity index is 0.00000256. The smallest absolute Gasteiger partial charge is 0.253 e. The molecule has 4 nitrogen and oxygen atoms in total. The zero-order valence-corrected chi connectivity index (χ0v) is 10.3. The van der Waals surface area contributed by atoms with E-state index in [4.69, 9.17) is 0 Å². The van der Waals surface area contributed by atoms with Crippen molar-refractivity contribution in [3.63, 3.8) is 0 Å². The predicted molar refractivity (Wildman–Crippen MR) is 70.4 cm³/mol. The van der Waals surface area contributed by atoms with Gasteiger partial charge in [-0.05, 0) is 20.3 Å². The second-order valence-electron chi connectivity index (χ2n) is 3.83. The maximum atomic E-state index is 11.5. The van der Waals surface area contributed by atoms with Crippen molar-refractivity contribution in [3.8, 4) is 0 Å². The number of anilines is 2. The van der Waals surface area contributed by atoms with Crippen LogP contribution in [-0.2, 0) is 0 Å². The van der Waals surface area contributed by atoms with Gasteiger partial charge < -0.3 is 10.2 Å². The lowest BCUT2D eigenvalue weighted by atomic mass is 10.1. The van der Waals surface area contributed by atoms with Crippen LogP contribution in [0.15, 0.2) is 9.59 Å². The van der Waals surface area contributed by atoms with Crippen LogP contribution in [0.5, 0.6) is 0 Å². The molecule has 0 saturated heterocycles. The summed E-state index contributed by atoms with van der Waals surface area (Å²) in [5, 5.41) is 3.07. The molecule has 0 heterocycles. The van der Waals surface area contributed by atoms with E-state index >= 15 is 0 Å². The van der Waals surface area contributed by atoms with Crippen molar-refractivity contribution in [2.24, 2.45) is 0 Å². The van der Waals surface area contributed by atoms with Crippen LogP contribution >= 0.6 is 0 Å². The second kappa shape index (κ2) is 5.68. The molecule has 92 valence electrons. The van der Waals surface area contributed by atoms with Gasteiger partial charge in [-0.15, -0.1) is 0 Å². The maximum absolute atomic E-state index is 11.5. The van der Waals surface area contributed by atoms with Crippen molar-refractivity contribution < 1.29 is 1.43 Å². The van der Waals surface area contributed by atoms with Gasteiger partial charge in [0.15, 0.2) is 0 Å². The molecule has 0 atom stereocenters. The predicted octanol–water partition coefficient (Wildman–Crippen LogP) is 1.59. The third-order valence-electron chi connectivity index (χ3n) is 2.80. The third-order valence-corrected chi connectivity index (χ3v) is 2.80. The lowest BCUT2D eigenvalue weighted by molar-refractivity contribution is 0.823. The molecule has 1 aromatic carbocycles. The first kappa shape index (κ1) is 12.7. The molecule has 0 fully saturated rings. The average molecular weight is 226 g/mol. The summed E-state index contributed by atoms with van der Waals surface area (Å²) >= 11 is 0. The zero-order chi connectivity index (χ0) is 12.1. The molecular weight excluding hydrogens is 204 g/mol. The topological polar surface area (TPSA) is 49.4 Å². The highest BCUT2D eigenvalue weighted by Crippen LogP contribution is 2.19. The summed E-state index contributed by atoms with van der Waals surface area (Å²) in [6.45, 7) is 8.32. The van der Waals surface area contributed by atoms with Crippen molar-refractivity contribution in [1.82, 2.24) is 0 Å². The lowest BCUT2D eigenvalue weighted by Crippen LogP contribution is -2.42. The van der Waals surface area contributed by atoms with Crippen LogP contribution in [0.4, 0.5) is 11.4 Å². The van der Waals surface area contributed by atoms with Gasteiger partial charge in [0.25, 0.3) is 10.9 Å². The third kappa shape index (κ3) is 2.26. The molecule has 0 aromatic heterocycles. The Kier molecular flexibility index (Phi) is 4.52. The Morgan fingerprint density at radius 2 is 1.75 bits per heavy atom. The Hall–Kier alpha value is -1.32. The van der Waals surface area contributed by atoms with E-state index in [0.29, 0.717) is 11.4 Å². The van der Waals surface area contributed by atoms with E-state index in [1.54, 1.807) is 0 Å². The molecule has 0 aliphatic heterocycles. The lowest BCUT2D eigenvalue weighted by Gasteiger charge is -2.24. The highest BCUT2D eigenvalue weighted by molar-refractivity contribution is 5.75. The van der Waals surface area contributed by atoms with Gasteiger partial charge in [-0.25, -0.2) is 0 Å². The molecule has 0 amide bonds. The molecule has 0 radical (unpaired) electrons. The molecule has 1 N–H and O–H groups in total. The Morgan fingerprint density at radius 3 is 2.25 bits per heavy atom. The average Bonchev–Trinajstić information content (AvgIpc) is 2.32. The van der Waals surface area contributed by atoms with Crippen LogP contribution < -0.4 is 21.1 Å². The molecule has 0 bridgehead atoms. The van der Waals surface area contributed by atoms with E-state index in [-0.39, 0.29) is 12.3 Å². The highest BCUT2D eigenvalue weighted by atomic mass is 16.2. The summed E-state index contributed by atoms with van der Waals surface area (Å²) < 4.78 is 0. The minimum atomic E-state index is -0.363. The molecule has 4 heteroatoms. The van der Waals surface area contributed by atoms with Gasteiger partial charge in [0.1, 0.15) is 11.4 Å². The molecule has 0 unspecified atom stereocenters. The van der Waals surface area contributed by atoms with Crippen molar-refractivity contribution in [2.45, 2.75) is 33.6 Å². The minimum absolute atomic E-state index is 0. The Labute approximate surface area is 97.4 Å². The first-order chi connectivity index (χ1) is 7.67. The molecule has 1 rings (SSSR count). The van der Waals surface area contributed by atoms with Crippen molar-refractivity contribution in [2.75, 3.05) is 29.9 Å². The first-order valence-electron chi connectivity index (χ1n) is 5.99. The molecule has 0 aliphatic carbocycles. The van der Waals surface area contributed by atoms with Gasteiger partial charge in [0.05, 0.1) is 0 Å². The van der Waals surface area contributed by atoms with E-state index in [9.17, 15) is 9.59 Å². The standard InChI is InChI=1S/C12H20N2O2.H2/c1-4-7-8-13-9-10(12(16)11(9)15)14(5-2)6-3;/h13H,4-8H2,1-3H3;1H. The number of rotatable bonds is 7. The van der Waals surface area contributed by atoms with Crippen LogP contribution in [0.25, 0.3) is 0 Å². The summed E-state index contributed by atoms with van der Waals surface area (Å²) in [7, 11) is 0. The van der Waals surface area contributed by atoms with Crippen LogP contribution in [-0.4, -0.2) is 19.6 Å². The molecule has 16 heavy (non-hydrogen) atoms. The quantitative estimate of drug-likeness (QED) is 0.566. The molecule has 1 aromatic rings. The highest BCUT2D eigenvalue weighted by Gasteiger charge is 2.23. The summed E-state index contributed by atoms with van der Waals surface area (Å²) in [4.78, 5) is 24.8. The largest absolute Gasteiger partial charge is 0.380 e. The number of unbranched alkanes of at least 4 members (excludes halogenated alkanes) is 1. The fourth-order valence-electron chi connectivity index (χ4n) is 1.78. The van der Waals surface area contributed by atoms with Gasteiger partial charge >= 0.3 is 0 Å². The van der Waals surface area contributed by atoms with Gasteiger partial charge in [-0.2, -0.15) is 0 Å². The van der Waals surface area contributed by atoms with Gasteiger partial charge in [0, 0.05) is 21.1 Å². The van der Waals surface area contributed by atoms with Gasteiger partial charge in [-0.1, -0.05) is 13.3 Å². The number of hydrogen-bond donors (Lipinski definition) is 1. The number of hydrogen-bond acceptors (Lipinski definition) is 4. The van der Waals surface area contributed by atoms with E-state index in [2.05, 4.69) is 12.2 Å². The molecule has 0 spiro atoms. The van der Waals surface area contributed by atoms with Crippen LogP contribution in [0.3, 0.4) is 0 Å². The van der Waals surface area contributed by atoms with Crippen LogP contribution in [0.2, 0.25) is 0 Å². The number of nitrogens with zero attached hydrogens (tertiary/aromatic N) is 1. The van der Waals surface area contributed by atoms with Gasteiger partial charge in [-0.3, -0.25) is 9.59 Å². The van der Waals surface area contributed by atoms with Crippen molar-refractivity contribution in [3.05, 3.63) is 20.4 Å². The first-order valence-corrected chi connectivity index (χ1v) is 5.99. The van der Waals surface area contributed by atoms with E-state index in [0.717, 1.165) is 32.5 Å². The maximum Gasteiger partial charge on any atom is 0.253 e. The summed E-state index contributed by atoms with van der Waals surface area (Å²) in [6, 6.07) is 0. The number of nitrogens with one attached hydrogen (secondary N) is 1. The van der Waals surface area contributed by atoms with Crippen molar-refractivity contribution in [1.29, 1.82) is 0 Å².